The summed E-state index contributed by atoms with van der Waals surface area (Å²) in [6, 6.07) is 8.41. The van der Waals surface area contributed by atoms with Gasteiger partial charge in [0.2, 0.25) is 0 Å². The number of hydrogen-bond donors (Lipinski definition) is 0. The fourth-order valence-electron chi connectivity index (χ4n) is 2.79. The lowest BCUT2D eigenvalue weighted by Crippen LogP contribution is -2.45. The highest BCUT2D eigenvalue weighted by atomic mass is 15.3. The fraction of sp³-hybridized carbons (Fsp3) is 0.533. The summed E-state index contributed by atoms with van der Waals surface area (Å²) in [4.78, 5) is 9.57. The van der Waals surface area contributed by atoms with Crippen LogP contribution in [0.15, 0.2) is 24.3 Å². The summed E-state index contributed by atoms with van der Waals surface area (Å²) in [6.45, 7) is 8.99. The molecule has 1 aromatic heterocycles. The number of fused-ring (bicyclic) bond motifs is 1. The van der Waals surface area contributed by atoms with E-state index in [9.17, 15) is 0 Å². The Kier molecular flexibility index (Phi) is 3.53. The van der Waals surface area contributed by atoms with E-state index in [1.54, 1.807) is 0 Å². The second kappa shape index (κ2) is 5.31. The molecular formula is C15H22N4. The summed E-state index contributed by atoms with van der Waals surface area (Å²) in [5.74, 6) is 1.12. The van der Waals surface area contributed by atoms with Gasteiger partial charge in [-0.2, -0.15) is 0 Å². The molecule has 0 N–H and O–H groups in total. The number of rotatable bonds is 3. The van der Waals surface area contributed by atoms with Crippen LogP contribution < -0.4 is 0 Å². The third kappa shape index (κ3) is 2.65. The number of imidazole rings is 1. The smallest absolute Gasteiger partial charge is 0.106 e. The molecule has 0 unspecified atom stereocenters. The second-order valence-corrected chi connectivity index (χ2v) is 5.44. The van der Waals surface area contributed by atoms with Crippen LogP contribution in [0.2, 0.25) is 0 Å². The van der Waals surface area contributed by atoms with E-state index < -0.39 is 0 Å². The number of para-hydroxylation sites is 2. The van der Waals surface area contributed by atoms with E-state index >= 15 is 0 Å². The van der Waals surface area contributed by atoms with E-state index in [2.05, 4.69) is 57.6 Å². The lowest BCUT2D eigenvalue weighted by molar-refractivity contribution is 0.150. The van der Waals surface area contributed by atoms with Crippen molar-refractivity contribution in [2.75, 3.05) is 39.8 Å². The molecule has 4 heteroatoms. The SMILES string of the molecule is Cc1nc2ccccc2n1CCN1CCN(C)CC1. The van der Waals surface area contributed by atoms with Gasteiger partial charge in [0.05, 0.1) is 11.0 Å². The van der Waals surface area contributed by atoms with E-state index in [-0.39, 0.29) is 0 Å². The van der Waals surface area contributed by atoms with Gasteiger partial charge in [-0.25, -0.2) is 4.98 Å². The number of piperazine rings is 1. The zero-order valence-electron chi connectivity index (χ0n) is 11.8. The summed E-state index contributed by atoms with van der Waals surface area (Å²) in [7, 11) is 2.20. The summed E-state index contributed by atoms with van der Waals surface area (Å²) in [5, 5.41) is 0. The lowest BCUT2D eigenvalue weighted by Gasteiger charge is -2.32. The first-order valence-corrected chi connectivity index (χ1v) is 7.07. The molecule has 1 aliphatic heterocycles. The Labute approximate surface area is 114 Å². The van der Waals surface area contributed by atoms with Gasteiger partial charge in [0.1, 0.15) is 5.82 Å². The van der Waals surface area contributed by atoms with Crippen molar-refractivity contribution in [2.24, 2.45) is 0 Å². The topological polar surface area (TPSA) is 24.3 Å². The van der Waals surface area contributed by atoms with Crippen molar-refractivity contribution in [3.8, 4) is 0 Å². The molecule has 102 valence electrons. The highest BCUT2D eigenvalue weighted by Crippen LogP contribution is 2.15. The predicted octanol–water partition coefficient (Wildman–Crippen LogP) is 1.59. The molecule has 0 amide bonds. The number of aromatic nitrogens is 2. The molecule has 0 aliphatic carbocycles. The first kappa shape index (κ1) is 12.6. The average Bonchev–Trinajstić information content (AvgIpc) is 2.74. The van der Waals surface area contributed by atoms with Crippen molar-refractivity contribution in [1.82, 2.24) is 19.4 Å². The van der Waals surface area contributed by atoms with Gasteiger partial charge in [0.15, 0.2) is 0 Å². The Morgan fingerprint density at radius 3 is 2.58 bits per heavy atom. The fourth-order valence-corrected chi connectivity index (χ4v) is 2.79. The Balaban J connectivity index is 1.70. The Bertz CT molecular complexity index is 552. The van der Waals surface area contributed by atoms with E-state index in [1.807, 2.05) is 0 Å². The van der Waals surface area contributed by atoms with Crippen LogP contribution in [0.3, 0.4) is 0 Å². The number of likely N-dealkylation sites (N-methyl/N-ethyl adjacent to an activating group) is 1. The zero-order valence-corrected chi connectivity index (χ0v) is 11.8. The molecule has 19 heavy (non-hydrogen) atoms. The van der Waals surface area contributed by atoms with Gasteiger partial charge < -0.3 is 9.47 Å². The molecule has 0 bridgehead atoms. The first-order chi connectivity index (χ1) is 9.24. The third-order valence-electron chi connectivity index (χ3n) is 4.08. The van der Waals surface area contributed by atoms with Crippen LogP contribution in [0, 0.1) is 6.92 Å². The van der Waals surface area contributed by atoms with Gasteiger partial charge in [-0.3, -0.25) is 4.90 Å². The quantitative estimate of drug-likeness (QED) is 0.835. The Morgan fingerprint density at radius 1 is 1.05 bits per heavy atom. The van der Waals surface area contributed by atoms with Gasteiger partial charge in [-0.15, -0.1) is 0 Å². The summed E-state index contributed by atoms with van der Waals surface area (Å²) in [6.07, 6.45) is 0. The van der Waals surface area contributed by atoms with Crippen LogP contribution in [0.25, 0.3) is 11.0 Å². The maximum Gasteiger partial charge on any atom is 0.106 e. The molecule has 1 aliphatic rings. The van der Waals surface area contributed by atoms with Gasteiger partial charge in [0, 0.05) is 39.3 Å². The third-order valence-corrected chi connectivity index (χ3v) is 4.08. The molecule has 2 heterocycles. The number of aryl methyl sites for hydroxylation is 1. The minimum atomic E-state index is 1.04. The van der Waals surface area contributed by atoms with Gasteiger partial charge >= 0.3 is 0 Å². The summed E-state index contributed by atoms with van der Waals surface area (Å²) in [5.41, 5.74) is 2.37. The molecule has 1 saturated heterocycles. The lowest BCUT2D eigenvalue weighted by atomic mass is 10.3. The van der Waals surface area contributed by atoms with Crippen LogP contribution in [0.5, 0.6) is 0 Å². The number of nitrogens with zero attached hydrogens (tertiary/aromatic N) is 4. The zero-order chi connectivity index (χ0) is 13.2. The average molecular weight is 258 g/mol. The first-order valence-electron chi connectivity index (χ1n) is 7.07. The maximum atomic E-state index is 4.63. The Hall–Kier alpha value is -1.39. The molecule has 2 aromatic rings. The van der Waals surface area contributed by atoms with Crippen LogP contribution >= 0.6 is 0 Å². The van der Waals surface area contributed by atoms with Gasteiger partial charge in [-0.05, 0) is 26.1 Å². The van der Waals surface area contributed by atoms with E-state index in [0.717, 1.165) is 24.4 Å². The minimum Gasteiger partial charge on any atom is -0.327 e. The number of benzene rings is 1. The summed E-state index contributed by atoms with van der Waals surface area (Å²) < 4.78 is 2.34. The second-order valence-electron chi connectivity index (χ2n) is 5.44. The molecule has 1 aromatic carbocycles. The molecule has 0 atom stereocenters. The highest BCUT2D eigenvalue weighted by Gasteiger charge is 2.14. The van der Waals surface area contributed by atoms with Crippen LogP contribution in [-0.2, 0) is 6.54 Å². The maximum absolute atomic E-state index is 4.63. The standard InChI is InChI=1S/C15H22N4/c1-13-16-14-5-3-4-6-15(14)19(13)12-11-18-9-7-17(2)8-10-18/h3-6H,7-12H2,1-2H3. The highest BCUT2D eigenvalue weighted by molar-refractivity contribution is 5.75. The van der Waals surface area contributed by atoms with Crippen LogP contribution in [0.1, 0.15) is 5.82 Å². The van der Waals surface area contributed by atoms with Crippen molar-refractivity contribution < 1.29 is 0 Å². The van der Waals surface area contributed by atoms with E-state index in [1.165, 1.54) is 31.7 Å². The Morgan fingerprint density at radius 2 is 1.79 bits per heavy atom. The summed E-state index contributed by atoms with van der Waals surface area (Å²) >= 11 is 0. The largest absolute Gasteiger partial charge is 0.327 e. The molecule has 4 nitrogen and oxygen atoms in total. The molecular weight excluding hydrogens is 236 g/mol. The van der Waals surface area contributed by atoms with E-state index in [0.29, 0.717) is 0 Å². The predicted molar refractivity (Wildman–Crippen MR) is 78.4 cm³/mol. The monoisotopic (exact) mass is 258 g/mol. The van der Waals surface area contributed by atoms with Crippen molar-refractivity contribution in [1.29, 1.82) is 0 Å². The molecule has 0 spiro atoms. The van der Waals surface area contributed by atoms with Gasteiger partial charge in [-0.1, -0.05) is 12.1 Å². The van der Waals surface area contributed by atoms with E-state index in [4.69, 9.17) is 0 Å². The molecule has 0 saturated carbocycles. The molecule has 3 rings (SSSR count). The van der Waals surface area contributed by atoms with Crippen molar-refractivity contribution in [3.05, 3.63) is 30.1 Å². The molecule has 0 radical (unpaired) electrons. The van der Waals surface area contributed by atoms with Crippen molar-refractivity contribution in [3.63, 3.8) is 0 Å². The van der Waals surface area contributed by atoms with Crippen molar-refractivity contribution >= 4 is 11.0 Å². The van der Waals surface area contributed by atoms with Crippen LogP contribution in [-0.4, -0.2) is 59.1 Å². The van der Waals surface area contributed by atoms with Gasteiger partial charge in [0.25, 0.3) is 0 Å². The normalized spacial score (nSPS) is 18.2. The van der Waals surface area contributed by atoms with Crippen molar-refractivity contribution in [2.45, 2.75) is 13.5 Å². The minimum absolute atomic E-state index is 1.04. The van der Waals surface area contributed by atoms with Crippen LogP contribution in [0.4, 0.5) is 0 Å². The number of hydrogen-bond acceptors (Lipinski definition) is 3. The molecule has 1 fully saturated rings.